The molecular weight excluding hydrogens is 144 g/mol. The minimum Gasteiger partial charge on any atom is -0.244 e. The van der Waals surface area contributed by atoms with E-state index < -0.39 is 0 Å². The molecular formula is C6H12N4O. The second-order valence-electron chi connectivity index (χ2n) is 2.59. The maximum Gasteiger partial charge on any atom is 0.363 e. The van der Waals surface area contributed by atoms with Crippen LogP contribution in [0.2, 0.25) is 0 Å². The zero-order chi connectivity index (χ0) is 8.43. The summed E-state index contributed by atoms with van der Waals surface area (Å²) in [6, 6.07) is 0.135. The zero-order valence-corrected chi connectivity index (χ0v) is 6.98. The molecule has 0 N–H and O–H groups in total. The Morgan fingerprint density at radius 3 is 2.55 bits per heavy atom. The maximum atomic E-state index is 11.2. The van der Waals surface area contributed by atoms with Gasteiger partial charge in [0.1, 0.15) is 0 Å². The van der Waals surface area contributed by atoms with Gasteiger partial charge < -0.3 is 0 Å². The summed E-state index contributed by atoms with van der Waals surface area (Å²) in [4.78, 5) is 11.2. The Kier molecular flexibility index (Phi) is 2.07. The lowest BCUT2D eigenvalue weighted by Gasteiger charge is -2.03. The van der Waals surface area contributed by atoms with E-state index in [-0.39, 0.29) is 11.7 Å². The fourth-order valence-corrected chi connectivity index (χ4v) is 0.778. The molecule has 5 heteroatoms. The second kappa shape index (κ2) is 2.86. The molecule has 0 bridgehead atoms. The van der Waals surface area contributed by atoms with Crippen LogP contribution in [0.25, 0.3) is 0 Å². The van der Waals surface area contributed by atoms with Crippen LogP contribution in [0, 0.1) is 0 Å². The summed E-state index contributed by atoms with van der Waals surface area (Å²) in [5.74, 6) is 0. The highest BCUT2D eigenvalue weighted by molar-refractivity contribution is 4.62. The molecule has 0 amide bonds. The van der Waals surface area contributed by atoms with Gasteiger partial charge in [-0.1, -0.05) is 6.92 Å². The molecule has 1 rings (SSSR count). The molecule has 0 saturated carbocycles. The van der Waals surface area contributed by atoms with E-state index >= 15 is 0 Å². The van der Waals surface area contributed by atoms with Crippen LogP contribution in [0.5, 0.6) is 0 Å². The molecule has 1 unspecified atom stereocenters. The van der Waals surface area contributed by atoms with Gasteiger partial charge >= 0.3 is 5.69 Å². The van der Waals surface area contributed by atoms with Gasteiger partial charge in [-0.25, -0.2) is 4.79 Å². The molecule has 0 saturated heterocycles. The minimum absolute atomic E-state index is 0.135. The SMILES string of the molecule is CCC(C)n1nnn(C)c1=O. The molecule has 0 aliphatic carbocycles. The Morgan fingerprint density at radius 2 is 2.18 bits per heavy atom. The van der Waals surface area contributed by atoms with Crippen LogP contribution in [0.1, 0.15) is 26.3 Å². The van der Waals surface area contributed by atoms with Crippen molar-refractivity contribution in [2.45, 2.75) is 26.3 Å². The van der Waals surface area contributed by atoms with Crippen molar-refractivity contribution in [2.24, 2.45) is 7.05 Å². The van der Waals surface area contributed by atoms with E-state index in [0.29, 0.717) is 0 Å². The largest absolute Gasteiger partial charge is 0.363 e. The summed E-state index contributed by atoms with van der Waals surface area (Å²) >= 11 is 0. The lowest BCUT2D eigenvalue weighted by atomic mass is 10.3. The Labute approximate surface area is 64.6 Å². The average Bonchev–Trinajstić information content (AvgIpc) is 2.32. The highest BCUT2D eigenvalue weighted by atomic mass is 16.2. The number of tetrazole rings is 1. The highest BCUT2D eigenvalue weighted by Crippen LogP contribution is 2.02. The molecule has 0 aromatic carbocycles. The second-order valence-corrected chi connectivity index (χ2v) is 2.59. The van der Waals surface area contributed by atoms with E-state index in [1.807, 2.05) is 13.8 Å². The molecule has 62 valence electrons. The van der Waals surface area contributed by atoms with Crippen molar-refractivity contribution in [3.8, 4) is 0 Å². The molecule has 0 aliphatic heterocycles. The van der Waals surface area contributed by atoms with Gasteiger partial charge in [0.2, 0.25) is 0 Å². The molecule has 11 heavy (non-hydrogen) atoms. The molecule has 1 aromatic heterocycles. The highest BCUT2D eigenvalue weighted by Gasteiger charge is 2.08. The van der Waals surface area contributed by atoms with Gasteiger partial charge in [0.25, 0.3) is 0 Å². The van der Waals surface area contributed by atoms with Crippen molar-refractivity contribution in [2.75, 3.05) is 0 Å². The molecule has 0 aliphatic rings. The number of aryl methyl sites for hydroxylation is 1. The molecule has 1 aromatic rings. The third-order valence-corrected chi connectivity index (χ3v) is 1.75. The van der Waals surface area contributed by atoms with E-state index in [9.17, 15) is 4.79 Å². The first-order chi connectivity index (χ1) is 5.16. The van der Waals surface area contributed by atoms with E-state index in [4.69, 9.17) is 0 Å². The molecule has 0 radical (unpaired) electrons. The van der Waals surface area contributed by atoms with Crippen molar-refractivity contribution in [3.05, 3.63) is 10.5 Å². The van der Waals surface area contributed by atoms with Crippen molar-refractivity contribution >= 4 is 0 Å². The smallest absolute Gasteiger partial charge is 0.244 e. The Hall–Kier alpha value is -1.13. The van der Waals surface area contributed by atoms with E-state index in [1.54, 1.807) is 7.05 Å². The molecule has 0 fully saturated rings. The normalized spacial score (nSPS) is 13.4. The maximum absolute atomic E-state index is 11.2. The summed E-state index contributed by atoms with van der Waals surface area (Å²) in [6.07, 6.45) is 0.888. The lowest BCUT2D eigenvalue weighted by molar-refractivity contribution is 0.452. The Balaban J connectivity index is 3.05. The number of hydrogen-bond acceptors (Lipinski definition) is 3. The van der Waals surface area contributed by atoms with Crippen molar-refractivity contribution in [1.82, 2.24) is 19.8 Å². The summed E-state index contributed by atoms with van der Waals surface area (Å²) in [6.45, 7) is 3.95. The van der Waals surface area contributed by atoms with Crippen LogP contribution < -0.4 is 5.69 Å². The van der Waals surface area contributed by atoms with Crippen molar-refractivity contribution in [1.29, 1.82) is 0 Å². The summed E-state index contributed by atoms with van der Waals surface area (Å²) in [5.41, 5.74) is -0.153. The predicted molar refractivity (Wildman–Crippen MR) is 40.3 cm³/mol. The molecule has 1 atom stereocenters. The molecule has 0 spiro atoms. The van der Waals surface area contributed by atoms with Crippen LogP contribution in [0.4, 0.5) is 0 Å². The Morgan fingerprint density at radius 1 is 1.55 bits per heavy atom. The third-order valence-electron chi connectivity index (χ3n) is 1.75. The van der Waals surface area contributed by atoms with Gasteiger partial charge in [-0.2, -0.15) is 9.36 Å². The van der Waals surface area contributed by atoms with Crippen molar-refractivity contribution < 1.29 is 0 Å². The minimum atomic E-state index is -0.153. The van der Waals surface area contributed by atoms with Gasteiger partial charge in [0.05, 0.1) is 6.04 Å². The molecule has 1 heterocycles. The van der Waals surface area contributed by atoms with Gasteiger partial charge in [-0.05, 0) is 23.8 Å². The fraction of sp³-hybridized carbons (Fsp3) is 0.833. The third kappa shape index (κ3) is 1.31. The first-order valence-corrected chi connectivity index (χ1v) is 3.65. The van der Waals surface area contributed by atoms with Crippen LogP contribution >= 0.6 is 0 Å². The van der Waals surface area contributed by atoms with Crippen LogP contribution in [-0.2, 0) is 7.05 Å². The van der Waals surface area contributed by atoms with E-state index in [2.05, 4.69) is 10.4 Å². The number of hydrogen-bond donors (Lipinski definition) is 0. The number of nitrogens with zero attached hydrogens (tertiary/aromatic N) is 4. The monoisotopic (exact) mass is 156 g/mol. The Bertz CT molecular complexity index is 287. The van der Waals surface area contributed by atoms with Crippen LogP contribution in [0.15, 0.2) is 4.79 Å². The van der Waals surface area contributed by atoms with Crippen LogP contribution in [-0.4, -0.2) is 19.8 Å². The van der Waals surface area contributed by atoms with Crippen molar-refractivity contribution in [3.63, 3.8) is 0 Å². The number of aromatic nitrogens is 4. The van der Waals surface area contributed by atoms with Gasteiger partial charge in [0.15, 0.2) is 0 Å². The summed E-state index contributed by atoms with van der Waals surface area (Å²) in [5, 5.41) is 7.31. The van der Waals surface area contributed by atoms with E-state index in [0.717, 1.165) is 6.42 Å². The van der Waals surface area contributed by atoms with Gasteiger partial charge in [-0.3, -0.25) is 0 Å². The van der Waals surface area contributed by atoms with Crippen LogP contribution in [0.3, 0.4) is 0 Å². The summed E-state index contributed by atoms with van der Waals surface area (Å²) < 4.78 is 2.62. The quantitative estimate of drug-likeness (QED) is 0.603. The zero-order valence-electron chi connectivity index (χ0n) is 6.98. The first kappa shape index (κ1) is 7.97. The van der Waals surface area contributed by atoms with Gasteiger partial charge in [-0.15, -0.1) is 0 Å². The standard InChI is InChI=1S/C6H12N4O/c1-4-5(2)10-6(11)9(3)7-8-10/h5H,4H2,1-3H3. The van der Waals surface area contributed by atoms with E-state index in [1.165, 1.54) is 9.36 Å². The lowest BCUT2D eigenvalue weighted by Crippen LogP contribution is -2.25. The number of rotatable bonds is 2. The predicted octanol–water partition coefficient (Wildman–Crippen LogP) is -0.0522. The topological polar surface area (TPSA) is 52.7 Å². The summed E-state index contributed by atoms with van der Waals surface area (Å²) in [7, 11) is 1.59. The average molecular weight is 156 g/mol. The first-order valence-electron chi connectivity index (χ1n) is 3.65. The van der Waals surface area contributed by atoms with Gasteiger partial charge in [0, 0.05) is 7.05 Å². The fourth-order valence-electron chi connectivity index (χ4n) is 0.778. The molecule has 5 nitrogen and oxygen atoms in total.